The molecule has 0 spiro atoms. The van der Waals surface area contributed by atoms with E-state index < -0.39 is 23.7 Å². The highest BCUT2D eigenvalue weighted by atomic mass is 127. The third-order valence-electron chi connectivity index (χ3n) is 11.4. The molecule has 0 aliphatic heterocycles. The summed E-state index contributed by atoms with van der Waals surface area (Å²) in [5.74, 6) is -1.00. The van der Waals surface area contributed by atoms with Crippen LogP contribution in [0.25, 0.3) is 32.7 Å². The number of hydrogen-bond acceptors (Lipinski definition) is 13. The number of azo groups is 2. The van der Waals surface area contributed by atoms with Crippen molar-refractivity contribution in [2.75, 3.05) is 10.8 Å². The molecule has 9 aromatic carbocycles. The van der Waals surface area contributed by atoms with Gasteiger partial charge in [-0.25, -0.2) is 10.3 Å². The molecule has 9 rings (SSSR count). The van der Waals surface area contributed by atoms with Gasteiger partial charge in [0.05, 0.1) is 22.6 Å². The fraction of sp³-hybridized carbons (Fsp3) is 0.0357. The minimum Gasteiger partial charge on any atom is -0.506 e. The van der Waals surface area contributed by atoms with Gasteiger partial charge in [0.25, 0.3) is 5.91 Å². The van der Waals surface area contributed by atoms with Crippen LogP contribution in [-0.2, 0) is 22.5 Å². The van der Waals surface area contributed by atoms with E-state index in [0.717, 1.165) is 44.2 Å². The number of phenols is 2. The van der Waals surface area contributed by atoms with Gasteiger partial charge in [0.2, 0.25) is 6.40 Å². The Morgan fingerprint density at radius 3 is 1.79 bits per heavy atom. The molecule has 3 amide bonds. The normalized spacial score (nSPS) is 11.6. The van der Waals surface area contributed by atoms with Crippen LogP contribution in [0.3, 0.4) is 0 Å². The first-order chi connectivity index (χ1) is 36.2. The van der Waals surface area contributed by atoms with Crippen molar-refractivity contribution >= 4 is 102 Å². The molecular formula is C56H38F3IN8O7. The molecule has 5 N–H and O–H groups in total. The van der Waals surface area contributed by atoms with Gasteiger partial charge in [-0.05, 0) is 153 Å². The fourth-order valence-corrected chi connectivity index (χ4v) is 8.15. The number of benzene rings is 9. The highest BCUT2D eigenvalue weighted by Crippen LogP contribution is 2.39. The molecule has 0 saturated carbocycles. The Kier molecular flexibility index (Phi) is 15.1. The summed E-state index contributed by atoms with van der Waals surface area (Å²) in [5.41, 5.74) is 7.13. The van der Waals surface area contributed by atoms with Gasteiger partial charge in [0.15, 0.2) is 5.78 Å². The SMILES string of the molecule is O=C(NC(=O)c1ccc2c(N=Nc3ccc(-c4ccc(C(=O)c5ccc(N=Nc6c(O)ccc7cc(CON=CONc8cccc(C(F)(F)F)c8)ccc67)cc5)cc4)cc3)c(O)ccc2c1)Nc1cccc(I)c1. The number of hydrogen-bond donors (Lipinski definition) is 5. The first-order valence-corrected chi connectivity index (χ1v) is 23.6. The summed E-state index contributed by atoms with van der Waals surface area (Å²) in [6.07, 6.45) is -3.58. The molecule has 0 unspecified atom stereocenters. The summed E-state index contributed by atoms with van der Waals surface area (Å²) < 4.78 is 39.7. The topological polar surface area (TPSA) is 208 Å². The summed E-state index contributed by atoms with van der Waals surface area (Å²) in [5, 5.41) is 49.8. The molecule has 9 aromatic rings. The van der Waals surface area contributed by atoms with E-state index in [1.807, 2.05) is 36.4 Å². The average molecular weight is 1120 g/mol. The quantitative estimate of drug-likeness (QED) is 0.0166. The standard InChI is InChI=1S/C56H38F3IN8O7/c57-56(58,59)41-3-1-6-46(29-41)68-75-32-61-74-31-33-7-23-47-38(27-33)17-25-49(69)51(47)66-65-44-21-14-37(15-22-44)53(71)36-10-8-34(9-11-36)35-12-19-43(20-13-35)64-67-52-48-24-16-40(28-39(48)18-26-50(52)70)54(72)63-55(73)62-45-5-2-4-42(60)30-45/h1-30,32,68-70H,31H2,(H2,62,63,72,73). The maximum Gasteiger partial charge on any atom is 0.416 e. The number of amides is 3. The first kappa shape index (κ1) is 50.4. The monoisotopic (exact) mass is 1120 g/mol. The smallest absolute Gasteiger partial charge is 0.416 e. The van der Waals surface area contributed by atoms with Crippen molar-refractivity contribution in [2.45, 2.75) is 12.8 Å². The number of carbonyl (C=O) groups excluding carboxylic acids is 3. The maximum atomic E-state index is 13.5. The molecule has 0 bridgehead atoms. The van der Waals surface area contributed by atoms with Gasteiger partial charge in [-0.15, -0.1) is 10.2 Å². The number of phenolic OH excluding ortho intramolecular Hbond substituents is 2. The fourth-order valence-electron chi connectivity index (χ4n) is 7.61. The Labute approximate surface area is 438 Å². The van der Waals surface area contributed by atoms with Crippen LogP contribution in [0.2, 0.25) is 0 Å². The molecule has 372 valence electrons. The Balaban J connectivity index is 0.777. The van der Waals surface area contributed by atoms with E-state index >= 15 is 0 Å². The molecule has 19 heteroatoms. The lowest BCUT2D eigenvalue weighted by Gasteiger charge is -2.09. The summed E-state index contributed by atoms with van der Waals surface area (Å²) in [6.45, 7) is 0.0358. The highest BCUT2D eigenvalue weighted by Gasteiger charge is 2.30. The zero-order chi connectivity index (χ0) is 52.5. The molecule has 0 radical (unpaired) electrons. The Morgan fingerprint density at radius 2 is 1.15 bits per heavy atom. The van der Waals surface area contributed by atoms with Crippen molar-refractivity contribution in [2.24, 2.45) is 25.6 Å². The van der Waals surface area contributed by atoms with Gasteiger partial charge in [-0.1, -0.05) is 84.0 Å². The average Bonchev–Trinajstić information content (AvgIpc) is 3.41. The van der Waals surface area contributed by atoms with Gasteiger partial charge in [0.1, 0.15) is 29.5 Å². The lowest BCUT2D eigenvalue weighted by Crippen LogP contribution is -2.34. The number of anilines is 2. The number of ketones is 1. The van der Waals surface area contributed by atoms with E-state index in [1.165, 1.54) is 30.3 Å². The van der Waals surface area contributed by atoms with E-state index in [4.69, 9.17) is 9.68 Å². The molecule has 0 atom stereocenters. The van der Waals surface area contributed by atoms with Crippen LogP contribution in [0.15, 0.2) is 208 Å². The summed E-state index contributed by atoms with van der Waals surface area (Å²) in [6, 6.07) is 48.4. The highest BCUT2D eigenvalue weighted by molar-refractivity contribution is 14.1. The lowest BCUT2D eigenvalue weighted by atomic mass is 9.99. The third-order valence-corrected chi connectivity index (χ3v) is 12.0. The number of nitrogens with zero attached hydrogens (tertiary/aromatic N) is 5. The number of halogens is 4. The maximum absolute atomic E-state index is 13.5. The number of oxime groups is 1. The Bertz CT molecular complexity index is 3710. The molecule has 0 saturated heterocycles. The van der Waals surface area contributed by atoms with Gasteiger partial charge in [-0.2, -0.15) is 23.4 Å². The summed E-state index contributed by atoms with van der Waals surface area (Å²) in [7, 11) is 0. The number of rotatable bonds is 15. The lowest BCUT2D eigenvalue weighted by molar-refractivity contribution is -0.137. The zero-order valence-corrected chi connectivity index (χ0v) is 40.9. The third kappa shape index (κ3) is 12.6. The van der Waals surface area contributed by atoms with Crippen molar-refractivity contribution in [3.8, 4) is 22.6 Å². The van der Waals surface area contributed by atoms with Crippen molar-refractivity contribution in [1.29, 1.82) is 0 Å². The number of urea groups is 1. The first-order valence-electron chi connectivity index (χ1n) is 22.5. The molecule has 0 heterocycles. The van der Waals surface area contributed by atoms with Gasteiger partial charge in [0, 0.05) is 36.7 Å². The Morgan fingerprint density at radius 1 is 0.587 bits per heavy atom. The second-order valence-electron chi connectivity index (χ2n) is 16.5. The van der Waals surface area contributed by atoms with Crippen LogP contribution in [0, 0.1) is 3.57 Å². The van der Waals surface area contributed by atoms with Crippen LogP contribution in [0.1, 0.15) is 37.4 Å². The minimum absolute atomic E-state index is 0.0358. The Hall–Kier alpha value is -9.50. The molecule has 0 aromatic heterocycles. The number of imide groups is 1. The van der Waals surface area contributed by atoms with Crippen molar-refractivity contribution in [3.63, 3.8) is 0 Å². The van der Waals surface area contributed by atoms with Crippen molar-refractivity contribution < 1.29 is 47.4 Å². The molecule has 0 aliphatic rings. The van der Waals surface area contributed by atoms with Gasteiger partial charge >= 0.3 is 12.2 Å². The van der Waals surface area contributed by atoms with Gasteiger partial charge in [-0.3, -0.25) is 14.9 Å². The molecule has 75 heavy (non-hydrogen) atoms. The van der Waals surface area contributed by atoms with Crippen molar-refractivity contribution in [1.82, 2.24) is 5.32 Å². The zero-order valence-electron chi connectivity index (χ0n) is 38.8. The largest absolute Gasteiger partial charge is 0.506 e. The van der Waals surface area contributed by atoms with E-state index in [9.17, 15) is 37.8 Å². The van der Waals surface area contributed by atoms with E-state index in [0.29, 0.717) is 44.3 Å². The van der Waals surface area contributed by atoms with E-state index in [1.54, 1.807) is 103 Å². The van der Waals surface area contributed by atoms with Crippen LogP contribution in [-0.4, -0.2) is 34.3 Å². The molecule has 15 nitrogen and oxygen atoms in total. The minimum atomic E-state index is -4.49. The van der Waals surface area contributed by atoms with Crippen molar-refractivity contribution in [3.05, 3.63) is 213 Å². The van der Waals surface area contributed by atoms with E-state index in [2.05, 4.69) is 64.3 Å². The van der Waals surface area contributed by atoms with Gasteiger partial charge < -0.3 is 25.2 Å². The second kappa shape index (κ2) is 22.5. The van der Waals surface area contributed by atoms with Crippen LogP contribution in [0.4, 0.5) is 52.1 Å². The molecular weight excluding hydrogens is 1080 g/mol. The van der Waals surface area contributed by atoms with Crippen LogP contribution in [0.5, 0.6) is 11.5 Å². The van der Waals surface area contributed by atoms with Crippen LogP contribution >= 0.6 is 22.6 Å². The molecule has 0 aliphatic carbocycles. The number of alkyl halides is 3. The number of nitrogens with one attached hydrogen (secondary N) is 3. The number of aromatic hydroxyl groups is 2. The predicted molar refractivity (Wildman–Crippen MR) is 286 cm³/mol. The predicted octanol–water partition coefficient (Wildman–Crippen LogP) is 15.2. The van der Waals surface area contributed by atoms with Crippen LogP contribution < -0.4 is 16.1 Å². The number of fused-ring (bicyclic) bond motifs is 2. The number of carbonyl (C=O) groups is 3. The molecule has 0 fully saturated rings. The summed E-state index contributed by atoms with van der Waals surface area (Å²) >= 11 is 2.12. The van der Waals surface area contributed by atoms with E-state index in [-0.39, 0.29) is 46.5 Å². The second-order valence-corrected chi connectivity index (χ2v) is 17.7. The summed E-state index contributed by atoms with van der Waals surface area (Å²) in [4.78, 5) is 49.1.